The zero-order valence-corrected chi connectivity index (χ0v) is 39.2. The molecule has 0 saturated heterocycles. The summed E-state index contributed by atoms with van der Waals surface area (Å²) >= 11 is 15.7. The lowest BCUT2D eigenvalue weighted by Gasteiger charge is -2.09. The molecular weight excluding hydrogens is 891 g/mol. The number of nitrogens with zero attached hydrogens (tertiary/aromatic N) is 7. The summed E-state index contributed by atoms with van der Waals surface area (Å²) in [6, 6.07) is 23.1. The Hall–Kier alpha value is -3.84. The Morgan fingerprint density at radius 3 is 1.38 bits per heavy atom. The van der Waals surface area contributed by atoms with Crippen molar-refractivity contribution in [2.75, 3.05) is 38.0 Å². The average molecular weight is 922 g/mol. The van der Waals surface area contributed by atoms with Gasteiger partial charge in [-0.3, -0.25) is 0 Å². The van der Waals surface area contributed by atoms with Crippen molar-refractivity contribution in [1.82, 2.24) is 22.1 Å². The van der Waals surface area contributed by atoms with E-state index in [1.165, 1.54) is 118 Å². The molecule has 12 rings (SSSR count). The minimum atomic E-state index is 0.495. The van der Waals surface area contributed by atoms with Gasteiger partial charge in [0.05, 0.1) is 58.6 Å². The normalized spacial score (nSPS) is 12.5. The van der Waals surface area contributed by atoms with Gasteiger partial charge in [-0.05, 0) is 42.3 Å². The summed E-state index contributed by atoms with van der Waals surface area (Å²) in [5.41, 5.74) is 11.3. The zero-order chi connectivity index (χ0) is 39.1. The van der Waals surface area contributed by atoms with Crippen molar-refractivity contribution in [2.24, 2.45) is 5.92 Å². The third-order valence-corrected chi connectivity index (χ3v) is 20.3. The molecule has 0 bridgehead atoms. The van der Waals surface area contributed by atoms with Gasteiger partial charge in [0, 0.05) is 100.0 Å². The molecule has 0 unspecified atom stereocenters. The van der Waals surface area contributed by atoms with E-state index in [2.05, 4.69) is 117 Å². The van der Waals surface area contributed by atoms with Crippen LogP contribution in [0.25, 0.3) is 112 Å². The van der Waals surface area contributed by atoms with Crippen LogP contribution in [0.15, 0.2) is 60.7 Å². The third-order valence-electron chi connectivity index (χ3n) is 10.5. The van der Waals surface area contributed by atoms with Crippen LogP contribution in [0.4, 0.5) is 10.0 Å². The molecule has 0 fully saturated rings. The molecule has 10 heterocycles. The number of fused-ring (bicyclic) bond motifs is 9. The number of anilines is 2. The molecule has 0 aliphatic heterocycles. The standard InChI is InChI=1S/C42H31N7S9/c1-18(2)17-49-23-11-24(19-7-8-20(36-35(19)43-57-44-36)25-12-28-30(50-25)15-33(52-28)47(3)4)54-40(23)42-39(49)41-32(56-42)14-27(55-41)22-10-9-21(37-38(22)46-58-45-37)26-13-29-31(51-26)16-34(53-29)48(5)6/h7-16,18H,17H2,1-6H3. The first-order valence-electron chi connectivity index (χ1n) is 18.6. The highest BCUT2D eigenvalue weighted by Crippen LogP contribution is 2.52. The summed E-state index contributed by atoms with van der Waals surface area (Å²) in [5, 5.41) is 2.56. The summed E-state index contributed by atoms with van der Waals surface area (Å²) in [4.78, 5) is 9.36. The van der Waals surface area contributed by atoms with E-state index in [1.54, 1.807) is 0 Å². The van der Waals surface area contributed by atoms with E-state index in [0.29, 0.717) is 5.92 Å². The highest BCUT2D eigenvalue weighted by molar-refractivity contribution is 7.37. The van der Waals surface area contributed by atoms with Crippen molar-refractivity contribution in [1.29, 1.82) is 0 Å². The lowest BCUT2D eigenvalue weighted by molar-refractivity contribution is 0.546. The van der Waals surface area contributed by atoms with Crippen LogP contribution in [0.5, 0.6) is 0 Å². The molecule has 0 radical (unpaired) electrons. The lowest BCUT2D eigenvalue weighted by Crippen LogP contribution is -2.05. The van der Waals surface area contributed by atoms with Crippen LogP contribution in [0.3, 0.4) is 0 Å². The van der Waals surface area contributed by atoms with Gasteiger partial charge >= 0.3 is 0 Å². The summed E-state index contributed by atoms with van der Waals surface area (Å²) in [5.74, 6) is 0.495. The van der Waals surface area contributed by atoms with E-state index < -0.39 is 0 Å². The molecular formula is C42H31N7S9. The fourth-order valence-corrected chi connectivity index (χ4v) is 17.7. The maximum absolute atomic E-state index is 4.90. The van der Waals surface area contributed by atoms with Crippen LogP contribution in [0.2, 0.25) is 0 Å². The number of rotatable bonds is 8. The van der Waals surface area contributed by atoms with Crippen LogP contribution in [0, 0.1) is 5.92 Å². The lowest BCUT2D eigenvalue weighted by atomic mass is 10.1. The van der Waals surface area contributed by atoms with E-state index in [4.69, 9.17) is 17.5 Å². The molecule has 10 aromatic heterocycles. The molecule has 0 atom stereocenters. The Labute approximate surface area is 368 Å². The maximum atomic E-state index is 4.90. The van der Waals surface area contributed by atoms with Crippen LogP contribution in [-0.4, -0.2) is 50.3 Å². The topological polar surface area (TPSA) is 63.0 Å². The quantitative estimate of drug-likeness (QED) is 0.151. The van der Waals surface area contributed by atoms with Crippen molar-refractivity contribution >= 4 is 184 Å². The second kappa shape index (κ2) is 13.3. The van der Waals surface area contributed by atoms with Gasteiger partial charge in [-0.15, -0.1) is 79.4 Å². The highest BCUT2D eigenvalue weighted by Gasteiger charge is 2.25. The highest BCUT2D eigenvalue weighted by atomic mass is 32.1. The van der Waals surface area contributed by atoms with Gasteiger partial charge in [0.15, 0.2) is 0 Å². The number of thiophene rings is 7. The minimum absolute atomic E-state index is 0.495. The minimum Gasteiger partial charge on any atom is -0.370 e. The second-order valence-corrected chi connectivity index (χ2v) is 23.8. The number of hydrogen-bond acceptors (Lipinski definition) is 15. The Balaban J connectivity index is 0.939. The fourth-order valence-electron chi connectivity index (χ4n) is 7.84. The van der Waals surface area contributed by atoms with Gasteiger partial charge in [-0.2, -0.15) is 17.5 Å². The third kappa shape index (κ3) is 5.46. The van der Waals surface area contributed by atoms with Crippen LogP contribution < -0.4 is 9.80 Å². The number of aromatic nitrogens is 5. The van der Waals surface area contributed by atoms with Gasteiger partial charge < -0.3 is 14.4 Å². The summed E-state index contributed by atoms with van der Waals surface area (Å²) in [7, 11) is 8.42. The van der Waals surface area contributed by atoms with Crippen LogP contribution in [0.1, 0.15) is 13.8 Å². The predicted octanol–water partition coefficient (Wildman–Crippen LogP) is 15.1. The van der Waals surface area contributed by atoms with Gasteiger partial charge in [-0.25, -0.2) is 0 Å². The molecule has 12 aromatic rings. The molecule has 16 heteroatoms. The van der Waals surface area contributed by atoms with Gasteiger partial charge in [0.2, 0.25) is 0 Å². The molecule has 0 aliphatic carbocycles. The van der Waals surface area contributed by atoms with E-state index in [1.807, 2.05) is 79.4 Å². The first kappa shape index (κ1) is 36.0. The maximum Gasteiger partial charge on any atom is 0.114 e. The SMILES string of the molecule is CC(C)Cn1c2cc(-c3ccc(-c4cc5sc(N(C)C)cc5s4)c4nsnc34)sc2c2sc3cc(-c4ccc(-c5cc6sc(N(C)C)cc6s5)c5nsnc45)sc3c21. The molecule has 0 saturated carbocycles. The van der Waals surface area contributed by atoms with Crippen molar-refractivity contribution in [2.45, 2.75) is 20.4 Å². The summed E-state index contributed by atoms with van der Waals surface area (Å²) < 4.78 is 32.8. The van der Waals surface area contributed by atoms with Crippen LogP contribution in [-0.2, 0) is 6.54 Å². The smallest absolute Gasteiger partial charge is 0.114 e. The Morgan fingerprint density at radius 1 is 0.483 bits per heavy atom. The summed E-state index contributed by atoms with van der Waals surface area (Å²) in [6.07, 6.45) is 0. The Bertz CT molecular complexity index is 3500. The fraction of sp³-hybridized carbons (Fsp3) is 0.190. The van der Waals surface area contributed by atoms with E-state index in [0.717, 1.165) is 34.2 Å². The first-order chi connectivity index (χ1) is 28.2. The van der Waals surface area contributed by atoms with Crippen molar-refractivity contribution in [3.63, 3.8) is 0 Å². The van der Waals surface area contributed by atoms with Crippen molar-refractivity contribution < 1.29 is 0 Å². The largest absolute Gasteiger partial charge is 0.370 e. The predicted molar refractivity (Wildman–Crippen MR) is 264 cm³/mol. The molecule has 58 heavy (non-hydrogen) atoms. The molecule has 288 valence electrons. The van der Waals surface area contributed by atoms with Gasteiger partial charge in [0.1, 0.15) is 22.1 Å². The molecule has 0 amide bonds. The molecule has 0 aliphatic rings. The second-order valence-electron chi connectivity index (χ2n) is 15.3. The van der Waals surface area contributed by atoms with Gasteiger partial charge in [0.25, 0.3) is 0 Å². The Morgan fingerprint density at radius 2 is 0.914 bits per heavy atom. The monoisotopic (exact) mass is 921 g/mol. The molecule has 0 N–H and O–H groups in total. The average Bonchev–Trinajstić information content (AvgIpc) is 4.01. The first-order valence-corrected chi connectivity index (χ1v) is 25.8. The van der Waals surface area contributed by atoms with E-state index >= 15 is 0 Å². The van der Waals surface area contributed by atoms with Gasteiger partial charge in [-0.1, -0.05) is 38.1 Å². The summed E-state index contributed by atoms with van der Waals surface area (Å²) in [6.45, 7) is 5.59. The van der Waals surface area contributed by atoms with Crippen LogP contribution >= 0.6 is 103 Å². The number of benzene rings is 2. The van der Waals surface area contributed by atoms with E-state index in [-0.39, 0.29) is 0 Å². The van der Waals surface area contributed by atoms with Crippen molar-refractivity contribution in [3.05, 3.63) is 60.7 Å². The van der Waals surface area contributed by atoms with Crippen molar-refractivity contribution in [3.8, 4) is 41.8 Å². The Kier molecular flexibility index (Phi) is 8.29. The number of hydrogen-bond donors (Lipinski definition) is 0. The zero-order valence-electron chi connectivity index (χ0n) is 31.9. The van der Waals surface area contributed by atoms with E-state index in [9.17, 15) is 0 Å². The molecule has 2 aromatic carbocycles. The molecule has 7 nitrogen and oxygen atoms in total. The molecule has 0 spiro atoms.